The van der Waals surface area contributed by atoms with Crippen molar-refractivity contribution in [3.05, 3.63) is 29.8 Å². The zero-order valence-electron chi connectivity index (χ0n) is 8.82. The Balaban J connectivity index is 1.99. The summed E-state index contributed by atoms with van der Waals surface area (Å²) < 4.78 is 5.59. The Morgan fingerprint density at radius 3 is 2.60 bits per heavy atom. The zero-order chi connectivity index (χ0) is 10.7. The highest BCUT2D eigenvalue weighted by atomic mass is 16.5. The van der Waals surface area contributed by atoms with E-state index in [0.717, 1.165) is 24.2 Å². The monoisotopic (exact) mass is 205 g/mol. The van der Waals surface area contributed by atoms with E-state index in [4.69, 9.17) is 4.74 Å². The number of benzene rings is 1. The Morgan fingerprint density at radius 2 is 2.07 bits per heavy atom. The van der Waals surface area contributed by atoms with Crippen LogP contribution in [-0.2, 0) is 0 Å². The molecule has 1 aromatic rings. The summed E-state index contributed by atoms with van der Waals surface area (Å²) in [5.41, 5.74) is 0.729. The molecule has 3 heteroatoms. The molecule has 0 unspecified atom stereocenters. The van der Waals surface area contributed by atoms with E-state index in [1.54, 1.807) is 7.05 Å². The maximum atomic E-state index is 11.5. The highest BCUT2D eigenvalue weighted by molar-refractivity contribution is 5.97. The van der Waals surface area contributed by atoms with E-state index in [0.29, 0.717) is 12.6 Å². The molecule has 0 radical (unpaired) electrons. The van der Waals surface area contributed by atoms with Gasteiger partial charge in [0.25, 0.3) is 0 Å². The predicted octanol–water partition coefficient (Wildman–Crippen LogP) is 1.63. The van der Waals surface area contributed by atoms with Crippen LogP contribution < -0.4 is 10.1 Å². The van der Waals surface area contributed by atoms with Crippen molar-refractivity contribution in [2.24, 2.45) is 0 Å². The zero-order valence-corrected chi connectivity index (χ0v) is 8.82. The van der Waals surface area contributed by atoms with Gasteiger partial charge >= 0.3 is 0 Å². The van der Waals surface area contributed by atoms with E-state index in [2.05, 4.69) is 5.32 Å². The summed E-state index contributed by atoms with van der Waals surface area (Å²) in [5, 5.41) is 2.84. The minimum atomic E-state index is 0.107. The molecule has 0 atom stereocenters. The second-order valence-electron chi connectivity index (χ2n) is 3.80. The Hall–Kier alpha value is -1.35. The van der Waals surface area contributed by atoms with Crippen LogP contribution in [0, 0.1) is 0 Å². The minimum absolute atomic E-state index is 0.107. The summed E-state index contributed by atoms with van der Waals surface area (Å²) >= 11 is 0. The molecule has 0 saturated heterocycles. The largest absolute Gasteiger partial charge is 0.490 e. The van der Waals surface area contributed by atoms with Gasteiger partial charge in [-0.1, -0.05) is 0 Å². The standard InChI is InChI=1S/C12H15NO2/c1-13-8-12(14)9-2-4-10(5-3-9)15-11-6-7-11/h2-5,11,13H,6-8H2,1H3. The maximum Gasteiger partial charge on any atom is 0.176 e. The molecule has 1 N–H and O–H groups in total. The third kappa shape index (κ3) is 2.80. The van der Waals surface area contributed by atoms with Crippen molar-refractivity contribution >= 4 is 5.78 Å². The van der Waals surface area contributed by atoms with Gasteiger partial charge in [-0.3, -0.25) is 4.79 Å². The maximum absolute atomic E-state index is 11.5. The molecule has 3 nitrogen and oxygen atoms in total. The molecule has 80 valence electrons. The molecule has 15 heavy (non-hydrogen) atoms. The summed E-state index contributed by atoms with van der Waals surface area (Å²) in [7, 11) is 1.77. The molecule has 1 saturated carbocycles. The van der Waals surface area contributed by atoms with Crippen LogP contribution >= 0.6 is 0 Å². The number of ether oxygens (including phenoxy) is 1. The van der Waals surface area contributed by atoms with E-state index in [9.17, 15) is 4.79 Å². The Morgan fingerprint density at radius 1 is 1.40 bits per heavy atom. The molecule has 0 aromatic heterocycles. The number of ketones is 1. The van der Waals surface area contributed by atoms with Gasteiger partial charge in [-0.15, -0.1) is 0 Å². The second kappa shape index (κ2) is 4.45. The van der Waals surface area contributed by atoms with E-state index in [-0.39, 0.29) is 5.78 Å². The molecular formula is C12H15NO2. The van der Waals surface area contributed by atoms with Crippen LogP contribution in [0.4, 0.5) is 0 Å². The van der Waals surface area contributed by atoms with E-state index in [1.165, 1.54) is 0 Å². The molecule has 2 rings (SSSR count). The average Bonchev–Trinajstić information content (AvgIpc) is 3.03. The fourth-order valence-corrected chi connectivity index (χ4v) is 1.36. The van der Waals surface area contributed by atoms with Gasteiger partial charge in [0.1, 0.15) is 5.75 Å². The van der Waals surface area contributed by atoms with Gasteiger partial charge in [0.2, 0.25) is 0 Å². The molecule has 1 aliphatic carbocycles. The Bertz CT molecular complexity index is 341. The van der Waals surface area contributed by atoms with Crippen molar-refractivity contribution in [1.29, 1.82) is 0 Å². The first-order valence-corrected chi connectivity index (χ1v) is 5.24. The van der Waals surface area contributed by atoms with Crippen LogP contribution in [0.15, 0.2) is 24.3 Å². The molecule has 0 bridgehead atoms. The lowest BCUT2D eigenvalue weighted by atomic mass is 10.1. The van der Waals surface area contributed by atoms with E-state index >= 15 is 0 Å². The summed E-state index contributed by atoms with van der Waals surface area (Å²) in [6, 6.07) is 7.36. The number of Topliss-reactive ketones (excluding diaryl/α,β-unsaturated/α-hetero) is 1. The van der Waals surface area contributed by atoms with Crippen molar-refractivity contribution in [2.45, 2.75) is 18.9 Å². The first-order chi connectivity index (χ1) is 7.29. The molecule has 1 fully saturated rings. The Kier molecular flexibility index (Phi) is 3.02. The lowest BCUT2D eigenvalue weighted by molar-refractivity contribution is 0.0993. The van der Waals surface area contributed by atoms with Gasteiger partial charge in [0.05, 0.1) is 12.6 Å². The number of nitrogens with one attached hydrogen (secondary N) is 1. The fraction of sp³-hybridized carbons (Fsp3) is 0.417. The second-order valence-corrected chi connectivity index (χ2v) is 3.80. The number of carbonyl (C=O) groups is 1. The highest BCUT2D eigenvalue weighted by Crippen LogP contribution is 2.26. The molecule has 1 aromatic carbocycles. The molecule has 0 amide bonds. The molecular weight excluding hydrogens is 190 g/mol. The van der Waals surface area contributed by atoms with Crippen LogP contribution in [0.25, 0.3) is 0 Å². The van der Waals surface area contributed by atoms with Crippen molar-refractivity contribution < 1.29 is 9.53 Å². The van der Waals surface area contributed by atoms with Gasteiger partial charge in [0.15, 0.2) is 5.78 Å². The smallest absolute Gasteiger partial charge is 0.176 e. The SMILES string of the molecule is CNCC(=O)c1ccc(OC2CC2)cc1. The van der Waals surface area contributed by atoms with Crippen LogP contribution in [0.5, 0.6) is 5.75 Å². The van der Waals surface area contributed by atoms with E-state index in [1.807, 2.05) is 24.3 Å². The lowest BCUT2D eigenvalue weighted by Crippen LogP contribution is -2.18. The van der Waals surface area contributed by atoms with Crippen LogP contribution in [0.1, 0.15) is 23.2 Å². The average molecular weight is 205 g/mol. The third-order valence-corrected chi connectivity index (χ3v) is 2.34. The molecule has 0 heterocycles. The summed E-state index contributed by atoms with van der Waals surface area (Å²) in [4.78, 5) is 11.5. The molecule has 0 aliphatic heterocycles. The summed E-state index contributed by atoms with van der Waals surface area (Å²) in [6.07, 6.45) is 2.71. The first kappa shape index (κ1) is 10.2. The van der Waals surface area contributed by atoms with E-state index < -0.39 is 0 Å². The summed E-state index contributed by atoms with van der Waals surface area (Å²) in [5.74, 6) is 0.967. The van der Waals surface area contributed by atoms with Gasteiger partial charge in [-0.2, -0.15) is 0 Å². The highest BCUT2D eigenvalue weighted by Gasteiger charge is 2.23. The number of carbonyl (C=O) groups excluding carboxylic acids is 1. The fourth-order valence-electron chi connectivity index (χ4n) is 1.36. The normalized spacial score (nSPS) is 15.0. The molecule has 0 spiro atoms. The van der Waals surface area contributed by atoms with Gasteiger partial charge in [-0.05, 0) is 44.2 Å². The van der Waals surface area contributed by atoms with Crippen LogP contribution in [0.2, 0.25) is 0 Å². The number of hydrogen-bond acceptors (Lipinski definition) is 3. The third-order valence-electron chi connectivity index (χ3n) is 2.34. The van der Waals surface area contributed by atoms with Gasteiger partial charge in [0, 0.05) is 5.56 Å². The van der Waals surface area contributed by atoms with Gasteiger partial charge < -0.3 is 10.1 Å². The quantitative estimate of drug-likeness (QED) is 0.742. The first-order valence-electron chi connectivity index (χ1n) is 5.24. The van der Waals surface area contributed by atoms with Crippen molar-refractivity contribution in [3.8, 4) is 5.75 Å². The van der Waals surface area contributed by atoms with Crippen LogP contribution in [0.3, 0.4) is 0 Å². The Labute approximate surface area is 89.4 Å². The topological polar surface area (TPSA) is 38.3 Å². The number of hydrogen-bond donors (Lipinski definition) is 1. The van der Waals surface area contributed by atoms with Crippen molar-refractivity contribution in [1.82, 2.24) is 5.32 Å². The predicted molar refractivity (Wildman–Crippen MR) is 58.3 cm³/mol. The van der Waals surface area contributed by atoms with Gasteiger partial charge in [-0.25, -0.2) is 0 Å². The lowest BCUT2D eigenvalue weighted by Gasteiger charge is -2.05. The number of rotatable bonds is 5. The number of likely N-dealkylation sites (N-methyl/N-ethyl adjacent to an activating group) is 1. The van der Waals surface area contributed by atoms with Crippen molar-refractivity contribution in [3.63, 3.8) is 0 Å². The van der Waals surface area contributed by atoms with Crippen molar-refractivity contribution in [2.75, 3.05) is 13.6 Å². The summed E-state index contributed by atoms with van der Waals surface area (Å²) in [6.45, 7) is 0.378. The van der Waals surface area contributed by atoms with Crippen LogP contribution in [-0.4, -0.2) is 25.5 Å². The minimum Gasteiger partial charge on any atom is -0.490 e. The molecule has 1 aliphatic rings.